The maximum Gasteiger partial charge on any atom is 0.0595 e. The van der Waals surface area contributed by atoms with E-state index >= 15 is 0 Å². The number of rotatable bonds is 3. The van der Waals surface area contributed by atoms with Gasteiger partial charge in [0, 0.05) is 0 Å². The fourth-order valence-electron chi connectivity index (χ4n) is 1.07. The van der Waals surface area contributed by atoms with Crippen LogP contribution in [0.1, 0.15) is 18.9 Å². The number of nitrogens with zero attached hydrogens (tertiary/aromatic N) is 1. The molecule has 1 N–H and O–H groups in total. The Morgan fingerprint density at radius 2 is 2.07 bits per heavy atom. The van der Waals surface area contributed by atoms with E-state index in [2.05, 4.69) is 5.16 Å². The number of oxime groups is 1. The molecule has 0 bridgehead atoms. The van der Waals surface area contributed by atoms with Crippen molar-refractivity contribution in [1.82, 2.24) is 0 Å². The first kappa shape index (κ1) is 11.3. The molecule has 0 saturated heterocycles. The molecular weight excluding hydrogens is 221 g/mol. The molecule has 0 aliphatic heterocycles. The van der Waals surface area contributed by atoms with Crippen molar-refractivity contribution in [2.45, 2.75) is 19.8 Å². The minimum Gasteiger partial charge on any atom is -0.411 e. The zero-order valence-electron chi connectivity index (χ0n) is 7.80. The zero-order valence-corrected chi connectivity index (χ0v) is 9.31. The van der Waals surface area contributed by atoms with Crippen LogP contribution in [0.25, 0.3) is 0 Å². The van der Waals surface area contributed by atoms with Gasteiger partial charge in [-0.25, -0.2) is 0 Å². The van der Waals surface area contributed by atoms with Crippen LogP contribution < -0.4 is 0 Å². The van der Waals surface area contributed by atoms with Gasteiger partial charge in [0.15, 0.2) is 0 Å². The Hall–Kier alpha value is -0.730. The predicted octanol–water partition coefficient (Wildman–Crippen LogP) is 3.78. The summed E-state index contributed by atoms with van der Waals surface area (Å²) in [6.07, 6.45) is 1.52. The Morgan fingerprint density at radius 1 is 1.36 bits per heavy atom. The molecule has 14 heavy (non-hydrogen) atoms. The standard InChI is InChI=1S/C10H11Cl2NO/c1-7(13-14)2-3-8-4-5-9(11)10(12)6-8/h4-6,14H,2-3H2,1H3/b13-7+. The van der Waals surface area contributed by atoms with Gasteiger partial charge < -0.3 is 5.21 Å². The van der Waals surface area contributed by atoms with Crippen molar-refractivity contribution in [3.8, 4) is 0 Å². The third-order valence-corrected chi connectivity index (χ3v) is 2.67. The SMILES string of the molecule is C/C(CCc1ccc(Cl)c(Cl)c1)=N\O. The van der Waals surface area contributed by atoms with Gasteiger partial charge in [0.25, 0.3) is 0 Å². The highest BCUT2D eigenvalue weighted by molar-refractivity contribution is 6.42. The first-order chi connectivity index (χ1) is 6.63. The smallest absolute Gasteiger partial charge is 0.0595 e. The van der Waals surface area contributed by atoms with Gasteiger partial charge in [-0.2, -0.15) is 0 Å². The van der Waals surface area contributed by atoms with Gasteiger partial charge in [-0.1, -0.05) is 34.4 Å². The summed E-state index contributed by atoms with van der Waals surface area (Å²) in [6, 6.07) is 5.51. The molecule has 0 heterocycles. The Balaban J connectivity index is 2.64. The van der Waals surface area contributed by atoms with Crippen LogP contribution in [0.3, 0.4) is 0 Å². The first-order valence-electron chi connectivity index (χ1n) is 4.25. The largest absolute Gasteiger partial charge is 0.411 e. The summed E-state index contributed by atoms with van der Waals surface area (Å²) in [4.78, 5) is 0. The van der Waals surface area contributed by atoms with Gasteiger partial charge in [0.05, 0.1) is 15.8 Å². The Kier molecular flexibility index (Phi) is 4.23. The molecule has 1 rings (SSSR count). The van der Waals surface area contributed by atoms with Gasteiger partial charge in [-0.15, -0.1) is 0 Å². The molecule has 0 radical (unpaired) electrons. The summed E-state index contributed by atoms with van der Waals surface area (Å²) in [6.45, 7) is 1.78. The van der Waals surface area contributed by atoms with Crippen LogP contribution in [-0.2, 0) is 6.42 Å². The van der Waals surface area contributed by atoms with Gasteiger partial charge >= 0.3 is 0 Å². The molecular formula is C10H11Cl2NO. The lowest BCUT2D eigenvalue weighted by atomic mass is 10.1. The third kappa shape index (κ3) is 3.20. The van der Waals surface area contributed by atoms with E-state index in [0.717, 1.165) is 12.0 Å². The van der Waals surface area contributed by atoms with E-state index in [1.807, 2.05) is 12.1 Å². The van der Waals surface area contributed by atoms with E-state index in [0.29, 0.717) is 22.2 Å². The predicted molar refractivity (Wildman–Crippen MR) is 59.7 cm³/mol. The maximum absolute atomic E-state index is 8.45. The number of hydrogen-bond donors (Lipinski definition) is 1. The molecule has 4 heteroatoms. The molecule has 0 aliphatic rings. The highest BCUT2D eigenvalue weighted by atomic mass is 35.5. The average Bonchev–Trinajstić information content (AvgIpc) is 2.19. The first-order valence-corrected chi connectivity index (χ1v) is 5.00. The van der Waals surface area contributed by atoms with Crippen molar-refractivity contribution >= 4 is 28.9 Å². The van der Waals surface area contributed by atoms with Crippen LogP contribution in [0.15, 0.2) is 23.4 Å². The second kappa shape index (κ2) is 5.23. The summed E-state index contributed by atoms with van der Waals surface area (Å²) in [5.41, 5.74) is 1.79. The van der Waals surface area contributed by atoms with Crippen LogP contribution in [0.4, 0.5) is 0 Å². The summed E-state index contributed by atoms with van der Waals surface area (Å²) in [5.74, 6) is 0. The highest BCUT2D eigenvalue weighted by Crippen LogP contribution is 2.23. The number of hydrogen-bond acceptors (Lipinski definition) is 2. The molecule has 0 spiro atoms. The molecule has 0 atom stereocenters. The van der Waals surface area contributed by atoms with E-state index in [4.69, 9.17) is 28.4 Å². The van der Waals surface area contributed by atoms with Crippen LogP contribution in [0, 0.1) is 0 Å². The third-order valence-electron chi connectivity index (χ3n) is 1.93. The van der Waals surface area contributed by atoms with Gasteiger partial charge in [-0.3, -0.25) is 0 Å². The van der Waals surface area contributed by atoms with Gasteiger partial charge in [0.1, 0.15) is 0 Å². The molecule has 76 valence electrons. The molecule has 0 saturated carbocycles. The van der Waals surface area contributed by atoms with Crippen molar-refractivity contribution < 1.29 is 5.21 Å². The lowest BCUT2D eigenvalue weighted by molar-refractivity contribution is 0.317. The normalized spacial score (nSPS) is 11.8. The monoisotopic (exact) mass is 231 g/mol. The Labute approximate surface area is 93.1 Å². The number of benzene rings is 1. The lowest BCUT2D eigenvalue weighted by Gasteiger charge is -2.02. The molecule has 0 fully saturated rings. The van der Waals surface area contributed by atoms with Crippen molar-refractivity contribution in [3.05, 3.63) is 33.8 Å². The zero-order chi connectivity index (χ0) is 10.6. The molecule has 0 unspecified atom stereocenters. The van der Waals surface area contributed by atoms with Crippen molar-refractivity contribution in [3.63, 3.8) is 0 Å². The van der Waals surface area contributed by atoms with Crippen LogP contribution in [0.5, 0.6) is 0 Å². The molecule has 2 nitrogen and oxygen atoms in total. The van der Waals surface area contributed by atoms with Gasteiger partial charge in [-0.05, 0) is 37.5 Å². The summed E-state index contributed by atoms with van der Waals surface area (Å²) >= 11 is 11.6. The van der Waals surface area contributed by atoms with Crippen molar-refractivity contribution in [2.24, 2.45) is 5.16 Å². The van der Waals surface area contributed by atoms with E-state index in [9.17, 15) is 0 Å². The van der Waals surface area contributed by atoms with Crippen LogP contribution in [-0.4, -0.2) is 10.9 Å². The summed E-state index contributed by atoms with van der Waals surface area (Å²) in [7, 11) is 0. The van der Waals surface area contributed by atoms with E-state index in [-0.39, 0.29) is 0 Å². The number of halogens is 2. The molecule has 0 amide bonds. The molecule has 1 aromatic rings. The lowest BCUT2D eigenvalue weighted by Crippen LogP contribution is -1.94. The summed E-state index contributed by atoms with van der Waals surface area (Å²) < 4.78 is 0. The second-order valence-electron chi connectivity index (χ2n) is 3.08. The Morgan fingerprint density at radius 3 is 2.64 bits per heavy atom. The van der Waals surface area contributed by atoms with Crippen LogP contribution in [0.2, 0.25) is 10.0 Å². The fourth-order valence-corrected chi connectivity index (χ4v) is 1.39. The average molecular weight is 232 g/mol. The quantitative estimate of drug-likeness (QED) is 0.480. The Bertz CT molecular complexity index is 350. The van der Waals surface area contributed by atoms with E-state index < -0.39 is 0 Å². The topological polar surface area (TPSA) is 32.6 Å². The fraction of sp³-hybridized carbons (Fsp3) is 0.300. The molecule has 1 aromatic carbocycles. The highest BCUT2D eigenvalue weighted by Gasteiger charge is 2.00. The minimum atomic E-state index is 0.558. The summed E-state index contributed by atoms with van der Waals surface area (Å²) in [5, 5.41) is 12.7. The van der Waals surface area contributed by atoms with E-state index in [1.54, 1.807) is 13.0 Å². The van der Waals surface area contributed by atoms with Crippen molar-refractivity contribution in [2.75, 3.05) is 0 Å². The maximum atomic E-state index is 8.45. The van der Waals surface area contributed by atoms with Gasteiger partial charge in [0.2, 0.25) is 0 Å². The second-order valence-corrected chi connectivity index (χ2v) is 3.90. The molecule has 0 aromatic heterocycles. The number of aryl methyl sites for hydroxylation is 1. The van der Waals surface area contributed by atoms with Crippen molar-refractivity contribution in [1.29, 1.82) is 0 Å². The molecule has 0 aliphatic carbocycles. The minimum absolute atomic E-state index is 0.558. The van der Waals surface area contributed by atoms with E-state index in [1.165, 1.54) is 0 Å². The van der Waals surface area contributed by atoms with Crippen LogP contribution >= 0.6 is 23.2 Å².